The normalized spacial score (nSPS) is 9.69. The molecule has 8 amide bonds. The molecule has 0 aliphatic rings. The van der Waals surface area contributed by atoms with Crippen molar-refractivity contribution in [1.82, 2.24) is 42.5 Å². The fourth-order valence-electron chi connectivity index (χ4n) is 1.65. The maximum absolute atomic E-state index is 11.5. The van der Waals surface area contributed by atoms with Crippen LogP contribution in [0, 0.1) is 0 Å². The third kappa shape index (κ3) is 10.6. The maximum Gasteiger partial charge on any atom is 0.317 e. The van der Waals surface area contributed by atoms with Crippen molar-refractivity contribution in [2.45, 2.75) is 0 Å². The van der Waals surface area contributed by atoms with E-state index in [0.29, 0.717) is 0 Å². The zero-order chi connectivity index (χ0) is 19.3. The summed E-state index contributed by atoms with van der Waals surface area (Å²) in [5.74, 6) is 0. The van der Waals surface area contributed by atoms with Crippen molar-refractivity contribution >= 4 is 31.4 Å². The molecule has 0 aromatic rings. The van der Waals surface area contributed by atoms with Crippen LogP contribution in [0.4, 0.5) is 19.2 Å². The Hall–Kier alpha value is -2.20. The van der Waals surface area contributed by atoms with E-state index >= 15 is 0 Å². The van der Waals surface area contributed by atoms with Gasteiger partial charge in [0.25, 0.3) is 0 Å². The lowest BCUT2D eigenvalue weighted by molar-refractivity contribution is -0.0000183. The summed E-state index contributed by atoms with van der Waals surface area (Å²) in [5.41, 5.74) is 0. The minimum absolute atomic E-state index is 0. The van der Waals surface area contributed by atoms with Crippen molar-refractivity contribution in [2.75, 3.05) is 53.3 Å². The Morgan fingerprint density at radius 2 is 0.731 bits per heavy atom. The number of hydrogen-bond acceptors (Lipinski definition) is 4. The van der Waals surface area contributed by atoms with Crippen molar-refractivity contribution in [3.05, 3.63) is 0 Å². The largest absolute Gasteiger partial charge is 1.00 e. The van der Waals surface area contributed by atoms with E-state index in [1.807, 2.05) is 0 Å². The van der Waals surface area contributed by atoms with Crippen molar-refractivity contribution in [2.24, 2.45) is 0 Å². The average Bonchev–Trinajstić information content (AvgIpc) is 2.65. The van der Waals surface area contributed by atoms with Gasteiger partial charge in [-0.05, 0) is 0 Å². The predicted molar refractivity (Wildman–Crippen MR) is 96.8 cm³/mol. The fourth-order valence-corrected chi connectivity index (χ4v) is 4.23. The zero-order valence-corrected chi connectivity index (χ0v) is 16.9. The Labute approximate surface area is 159 Å². The molecule has 0 aromatic heterocycles. The molecule has 0 fully saturated rings. The van der Waals surface area contributed by atoms with Crippen molar-refractivity contribution in [3.8, 4) is 0 Å². The summed E-state index contributed by atoms with van der Waals surface area (Å²) < 4.78 is 0. The Morgan fingerprint density at radius 1 is 0.538 bits per heavy atom. The Bertz CT molecular complexity index is 397. The first-order valence-electron chi connectivity index (χ1n) is 7.50. The monoisotopic (exact) mass is 414 g/mol. The third-order valence-electron chi connectivity index (χ3n) is 3.21. The number of urea groups is 4. The summed E-state index contributed by atoms with van der Waals surface area (Å²) in [6.45, 7) is 0. The number of rotatable bonds is 8. The summed E-state index contributed by atoms with van der Waals surface area (Å²) in [6.07, 6.45) is 0.796. The van der Waals surface area contributed by atoms with Gasteiger partial charge in [0, 0.05) is 28.2 Å². The molecule has 0 spiro atoms. The molecule has 0 aliphatic heterocycles. The minimum Gasteiger partial charge on any atom is -1.00 e. The molecule has 0 rings (SSSR count). The Morgan fingerprint density at radius 3 is 0.885 bits per heavy atom. The van der Waals surface area contributed by atoms with Crippen LogP contribution in [-0.4, -0.2) is 77.5 Å². The quantitative estimate of drug-likeness (QED) is 0.188. The SMILES string of the molecule is CNC(=O)NC[P+](CNC(=O)NC)(CNC(=O)NC)CNC(=O)NC.[Cl-]. The van der Waals surface area contributed by atoms with Crippen LogP contribution in [-0.2, 0) is 0 Å². The van der Waals surface area contributed by atoms with Gasteiger partial charge in [0.1, 0.15) is 25.1 Å². The molecule has 0 radical (unpaired) electrons. The van der Waals surface area contributed by atoms with Gasteiger partial charge in [0.05, 0.1) is 7.26 Å². The third-order valence-corrected chi connectivity index (χ3v) is 6.52. The number of amides is 8. The first-order valence-corrected chi connectivity index (χ1v) is 10.0. The molecule has 0 bridgehead atoms. The van der Waals surface area contributed by atoms with E-state index in [4.69, 9.17) is 0 Å². The molecule has 0 unspecified atom stereocenters. The van der Waals surface area contributed by atoms with Crippen molar-refractivity contribution in [1.29, 1.82) is 0 Å². The number of hydrogen-bond donors (Lipinski definition) is 8. The first kappa shape index (κ1) is 26.0. The number of carbonyl (C=O) groups excluding carboxylic acids is 4. The molecule has 0 heterocycles. The number of halogens is 1. The van der Waals surface area contributed by atoms with E-state index in [0.717, 1.165) is 0 Å². The summed E-state index contributed by atoms with van der Waals surface area (Å²) in [7, 11) is 3.65. The molecule has 0 saturated heterocycles. The van der Waals surface area contributed by atoms with Gasteiger partial charge in [-0.25, -0.2) is 19.2 Å². The van der Waals surface area contributed by atoms with Gasteiger partial charge in [-0.15, -0.1) is 0 Å². The molecule has 152 valence electrons. The van der Waals surface area contributed by atoms with E-state index in [2.05, 4.69) is 42.5 Å². The highest BCUT2D eigenvalue weighted by molar-refractivity contribution is 7.75. The van der Waals surface area contributed by atoms with Crippen LogP contribution >= 0.6 is 7.26 Å². The highest BCUT2D eigenvalue weighted by atomic mass is 35.5. The Kier molecular flexibility index (Phi) is 14.0. The lowest BCUT2D eigenvalue weighted by Gasteiger charge is -2.28. The number of carbonyl (C=O) groups is 4. The van der Waals surface area contributed by atoms with Crippen LogP contribution in [0.5, 0.6) is 0 Å². The highest BCUT2D eigenvalue weighted by Crippen LogP contribution is 2.54. The van der Waals surface area contributed by atoms with Gasteiger partial charge < -0.3 is 54.9 Å². The second-order valence-corrected chi connectivity index (χ2v) is 8.95. The summed E-state index contributed by atoms with van der Waals surface area (Å²) in [6, 6.07) is -1.60. The van der Waals surface area contributed by atoms with E-state index in [1.54, 1.807) is 0 Å². The van der Waals surface area contributed by atoms with Gasteiger partial charge in [-0.2, -0.15) is 0 Å². The fraction of sp³-hybridized carbons (Fsp3) is 0.667. The summed E-state index contributed by atoms with van der Waals surface area (Å²) >= 11 is 0. The molecule has 0 atom stereocenters. The molecule has 26 heavy (non-hydrogen) atoms. The molecular formula is C12H28ClN8O4P. The standard InChI is InChI=1S/C12H27N8O4P.ClH/c1-13-9(21)17-5-25(6-18-10(22)14-2,7-19-11(23)15-3)8-20-12(24)16-4;/h5-8H2,1-4H3,(H7-,13,14,15,16,17,18,19,20,21,22,23,24);1H. The van der Waals surface area contributed by atoms with Gasteiger partial charge >= 0.3 is 24.1 Å². The van der Waals surface area contributed by atoms with E-state index in [1.165, 1.54) is 28.2 Å². The lowest BCUT2D eigenvalue weighted by atomic mass is 10.9. The summed E-state index contributed by atoms with van der Waals surface area (Å²) in [5, 5.41) is 20.5. The van der Waals surface area contributed by atoms with Crippen LogP contribution in [0.15, 0.2) is 0 Å². The van der Waals surface area contributed by atoms with Crippen LogP contribution in [0.1, 0.15) is 0 Å². The summed E-state index contributed by atoms with van der Waals surface area (Å²) in [4.78, 5) is 46.2. The smallest absolute Gasteiger partial charge is 0.317 e. The average molecular weight is 415 g/mol. The van der Waals surface area contributed by atoms with Gasteiger partial charge in [0.2, 0.25) is 0 Å². The molecule has 0 aromatic carbocycles. The predicted octanol–water partition coefficient (Wildman–Crippen LogP) is -4.45. The second-order valence-electron chi connectivity index (χ2n) is 5.00. The van der Waals surface area contributed by atoms with E-state index in [9.17, 15) is 19.2 Å². The highest BCUT2D eigenvalue weighted by Gasteiger charge is 2.39. The molecule has 0 saturated carbocycles. The van der Waals surface area contributed by atoms with Crippen molar-refractivity contribution < 1.29 is 31.6 Å². The molecule has 12 nitrogen and oxygen atoms in total. The van der Waals surface area contributed by atoms with E-state index in [-0.39, 0.29) is 37.6 Å². The van der Waals surface area contributed by atoms with Crippen LogP contribution in [0.25, 0.3) is 0 Å². The molecule has 14 heteroatoms. The van der Waals surface area contributed by atoms with Crippen LogP contribution in [0.2, 0.25) is 0 Å². The van der Waals surface area contributed by atoms with Crippen LogP contribution < -0.4 is 54.9 Å². The van der Waals surface area contributed by atoms with Gasteiger partial charge in [-0.3, -0.25) is 0 Å². The maximum atomic E-state index is 11.5. The van der Waals surface area contributed by atoms with Crippen molar-refractivity contribution in [3.63, 3.8) is 0 Å². The first-order chi connectivity index (χ1) is 11.8. The van der Waals surface area contributed by atoms with Gasteiger partial charge in [0.15, 0.2) is 0 Å². The topological polar surface area (TPSA) is 165 Å². The second kappa shape index (κ2) is 14.0. The number of nitrogens with one attached hydrogen (secondary N) is 8. The lowest BCUT2D eigenvalue weighted by Crippen LogP contribution is -3.00. The molecular weight excluding hydrogens is 387 g/mol. The molecule has 0 aliphatic carbocycles. The zero-order valence-electron chi connectivity index (χ0n) is 15.3. The minimum atomic E-state index is -2.25. The van der Waals surface area contributed by atoms with Gasteiger partial charge in [-0.1, -0.05) is 0 Å². The van der Waals surface area contributed by atoms with E-state index < -0.39 is 31.4 Å². The molecule has 8 N–H and O–H groups in total. The Balaban J connectivity index is 0. The van der Waals surface area contributed by atoms with Crippen LogP contribution in [0.3, 0.4) is 0 Å².